The Balaban J connectivity index is 2.64. The highest BCUT2D eigenvalue weighted by Gasteiger charge is 2.13. The number of hydrogen-bond acceptors (Lipinski definition) is 4. The van der Waals surface area contributed by atoms with E-state index in [1.165, 1.54) is 7.11 Å². The second-order valence-corrected chi connectivity index (χ2v) is 2.86. The number of nitrogens with one attached hydrogen (secondary N) is 1. The predicted molar refractivity (Wildman–Crippen MR) is 50.0 cm³/mol. The average molecular weight is 191 g/mol. The molecule has 0 saturated heterocycles. The molecule has 0 spiro atoms. The van der Waals surface area contributed by atoms with Crippen molar-refractivity contribution in [3.8, 4) is 0 Å². The third kappa shape index (κ3) is 1.22. The molecule has 0 radical (unpaired) electrons. The van der Waals surface area contributed by atoms with Crippen molar-refractivity contribution in [3.05, 3.63) is 23.7 Å². The Morgan fingerprint density at radius 3 is 3.00 bits per heavy atom. The predicted octanol–water partition coefficient (Wildman–Crippen LogP) is 1.05. The van der Waals surface area contributed by atoms with Gasteiger partial charge in [-0.2, -0.15) is 0 Å². The van der Waals surface area contributed by atoms with Crippen LogP contribution in [0.2, 0.25) is 0 Å². The largest absolute Gasteiger partial charge is 0.464 e. The molecular formula is C9H9N3O2. The summed E-state index contributed by atoms with van der Waals surface area (Å²) in [6, 6.07) is 1.76. The summed E-state index contributed by atoms with van der Waals surface area (Å²) in [6.45, 7) is 1.72. The number of nitrogens with zero attached hydrogens (tertiary/aromatic N) is 2. The maximum atomic E-state index is 11.3. The van der Waals surface area contributed by atoms with Crippen LogP contribution < -0.4 is 0 Å². The fraction of sp³-hybridized carbons (Fsp3) is 0.222. The number of fused-ring (bicyclic) bond motifs is 1. The van der Waals surface area contributed by atoms with Crippen LogP contribution in [0, 0.1) is 6.92 Å². The third-order valence-electron chi connectivity index (χ3n) is 1.94. The first kappa shape index (κ1) is 8.68. The summed E-state index contributed by atoms with van der Waals surface area (Å²) in [5.41, 5.74) is 2.16. The molecule has 5 heteroatoms. The highest BCUT2D eigenvalue weighted by Crippen LogP contribution is 2.11. The van der Waals surface area contributed by atoms with Gasteiger partial charge in [0.25, 0.3) is 0 Å². The van der Waals surface area contributed by atoms with E-state index in [0.29, 0.717) is 16.9 Å². The maximum absolute atomic E-state index is 11.3. The normalized spacial score (nSPS) is 10.4. The molecule has 0 unspecified atom stereocenters. The Morgan fingerprint density at radius 2 is 2.29 bits per heavy atom. The van der Waals surface area contributed by atoms with Gasteiger partial charge in [-0.05, 0) is 13.0 Å². The molecule has 2 aromatic rings. The smallest absolute Gasteiger partial charge is 0.358 e. The zero-order valence-corrected chi connectivity index (χ0v) is 7.87. The van der Waals surface area contributed by atoms with Crippen molar-refractivity contribution in [2.24, 2.45) is 0 Å². The second-order valence-electron chi connectivity index (χ2n) is 2.86. The lowest BCUT2D eigenvalue weighted by molar-refractivity contribution is 0.0593. The van der Waals surface area contributed by atoms with Crippen molar-refractivity contribution in [2.75, 3.05) is 7.11 Å². The first-order valence-corrected chi connectivity index (χ1v) is 4.12. The van der Waals surface area contributed by atoms with Crippen molar-refractivity contribution < 1.29 is 9.53 Å². The van der Waals surface area contributed by atoms with E-state index in [2.05, 4.69) is 19.7 Å². The van der Waals surface area contributed by atoms with Gasteiger partial charge in [0, 0.05) is 6.20 Å². The Morgan fingerprint density at radius 1 is 1.50 bits per heavy atom. The number of carbonyl (C=O) groups is 1. The zero-order chi connectivity index (χ0) is 10.1. The number of carbonyl (C=O) groups excluding carboxylic acids is 1. The van der Waals surface area contributed by atoms with Crippen molar-refractivity contribution in [3.63, 3.8) is 0 Å². The number of ether oxygens (including phenoxy) is 1. The Hall–Kier alpha value is -1.91. The van der Waals surface area contributed by atoms with Gasteiger partial charge in [0.15, 0.2) is 11.3 Å². The highest BCUT2D eigenvalue weighted by atomic mass is 16.5. The van der Waals surface area contributed by atoms with E-state index in [9.17, 15) is 4.79 Å². The minimum Gasteiger partial charge on any atom is -0.464 e. The third-order valence-corrected chi connectivity index (χ3v) is 1.94. The van der Waals surface area contributed by atoms with Crippen LogP contribution in [0.4, 0.5) is 0 Å². The van der Waals surface area contributed by atoms with Gasteiger partial charge >= 0.3 is 5.97 Å². The molecule has 0 aliphatic heterocycles. The molecule has 2 heterocycles. The summed E-state index contributed by atoms with van der Waals surface area (Å²) < 4.78 is 4.59. The van der Waals surface area contributed by atoms with Crippen LogP contribution in [-0.4, -0.2) is 28.0 Å². The zero-order valence-electron chi connectivity index (χ0n) is 7.87. The van der Waals surface area contributed by atoms with Crippen LogP contribution in [-0.2, 0) is 4.74 Å². The Kier molecular flexibility index (Phi) is 1.92. The molecule has 0 aromatic carbocycles. The second kappa shape index (κ2) is 3.10. The van der Waals surface area contributed by atoms with Crippen molar-refractivity contribution >= 4 is 17.1 Å². The number of aryl methyl sites for hydroxylation is 1. The molecule has 0 atom stereocenters. The van der Waals surface area contributed by atoms with Gasteiger partial charge in [-0.25, -0.2) is 14.8 Å². The van der Waals surface area contributed by atoms with Gasteiger partial charge in [-0.3, -0.25) is 0 Å². The van der Waals surface area contributed by atoms with E-state index in [-0.39, 0.29) is 5.69 Å². The van der Waals surface area contributed by atoms with Gasteiger partial charge in [0.2, 0.25) is 0 Å². The number of esters is 1. The van der Waals surface area contributed by atoms with E-state index in [4.69, 9.17) is 0 Å². The summed E-state index contributed by atoms with van der Waals surface area (Å²) in [6.07, 6.45) is 1.73. The van der Waals surface area contributed by atoms with Crippen molar-refractivity contribution in [1.29, 1.82) is 0 Å². The first-order valence-electron chi connectivity index (χ1n) is 4.12. The Bertz CT molecular complexity index is 490. The molecule has 0 saturated carbocycles. The summed E-state index contributed by atoms with van der Waals surface area (Å²) in [7, 11) is 1.32. The molecule has 72 valence electrons. The Labute approximate surface area is 80.1 Å². The monoisotopic (exact) mass is 191 g/mol. The van der Waals surface area contributed by atoms with E-state index >= 15 is 0 Å². The molecule has 0 aliphatic rings. The van der Waals surface area contributed by atoms with Gasteiger partial charge in [0.1, 0.15) is 5.52 Å². The summed E-state index contributed by atoms with van der Waals surface area (Å²) in [4.78, 5) is 22.5. The van der Waals surface area contributed by atoms with E-state index < -0.39 is 5.97 Å². The number of H-pyrrole nitrogens is 1. The minimum atomic E-state index is -0.460. The van der Waals surface area contributed by atoms with Gasteiger partial charge in [-0.15, -0.1) is 0 Å². The SMILES string of the molecule is COC(=O)c1nc2cc[nH]c2nc1C. The van der Waals surface area contributed by atoms with Gasteiger partial charge in [-0.1, -0.05) is 0 Å². The van der Waals surface area contributed by atoms with E-state index in [1.54, 1.807) is 19.2 Å². The van der Waals surface area contributed by atoms with Crippen LogP contribution in [0.1, 0.15) is 16.2 Å². The molecule has 2 aromatic heterocycles. The van der Waals surface area contributed by atoms with Crippen LogP contribution in [0.5, 0.6) is 0 Å². The van der Waals surface area contributed by atoms with Crippen LogP contribution >= 0.6 is 0 Å². The molecule has 0 fully saturated rings. The molecule has 0 amide bonds. The van der Waals surface area contributed by atoms with E-state index in [0.717, 1.165) is 0 Å². The fourth-order valence-electron chi connectivity index (χ4n) is 1.24. The van der Waals surface area contributed by atoms with Crippen molar-refractivity contribution in [2.45, 2.75) is 6.92 Å². The van der Waals surface area contributed by atoms with Gasteiger partial charge in [0.05, 0.1) is 12.8 Å². The number of hydrogen-bond donors (Lipinski definition) is 1. The quantitative estimate of drug-likeness (QED) is 0.684. The minimum absolute atomic E-state index is 0.264. The van der Waals surface area contributed by atoms with Crippen LogP contribution in [0.25, 0.3) is 11.2 Å². The summed E-state index contributed by atoms with van der Waals surface area (Å²) >= 11 is 0. The lowest BCUT2D eigenvalue weighted by Gasteiger charge is -2.01. The molecular weight excluding hydrogens is 182 g/mol. The molecule has 2 rings (SSSR count). The number of aromatic nitrogens is 3. The number of rotatable bonds is 1. The van der Waals surface area contributed by atoms with Crippen molar-refractivity contribution in [1.82, 2.24) is 15.0 Å². The molecule has 14 heavy (non-hydrogen) atoms. The topological polar surface area (TPSA) is 67.9 Å². The maximum Gasteiger partial charge on any atom is 0.358 e. The molecule has 0 aliphatic carbocycles. The van der Waals surface area contributed by atoms with Crippen LogP contribution in [0.3, 0.4) is 0 Å². The molecule has 0 bridgehead atoms. The lowest BCUT2D eigenvalue weighted by atomic mass is 10.3. The lowest BCUT2D eigenvalue weighted by Crippen LogP contribution is -2.08. The summed E-state index contributed by atoms with van der Waals surface area (Å²) in [5.74, 6) is -0.460. The average Bonchev–Trinajstić information content (AvgIpc) is 2.62. The summed E-state index contributed by atoms with van der Waals surface area (Å²) in [5, 5.41) is 0. The fourth-order valence-corrected chi connectivity index (χ4v) is 1.24. The number of aromatic amines is 1. The highest BCUT2D eigenvalue weighted by molar-refractivity contribution is 5.90. The van der Waals surface area contributed by atoms with Crippen LogP contribution in [0.15, 0.2) is 12.3 Å². The standard InChI is InChI=1S/C9H9N3O2/c1-5-7(9(13)14-2)12-6-3-4-10-8(6)11-5/h3-4H,1-2H3,(H,10,11). The number of methoxy groups -OCH3 is 1. The van der Waals surface area contributed by atoms with Gasteiger partial charge < -0.3 is 9.72 Å². The first-order chi connectivity index (χ1) is 6.72. The molecule has 5 nitrogen and oxygen atoms in total. The van der Waals surface area contributed by atoms with E-state index in [1.807, 2.05) is 0 Å². The molecule has 1 N–H and O–H groups in total.